The highest BCUT2D eigenvalue weighted by Gasteiger charge is 2.13. The van der Waals surface area contributed by atoms with Gasteiger partial charge in [-0.15, -0.1) is 0 Å². The van der Waals surface area contributed by atoms with Gasteiger partial charge in [0.1, 0.15) is 28.8 Å². The zero-order valence-electron chi connectivity index (χ0n) is 12.6. The highest BCUT2D eigenvalue weighted by Crippen LogP contribution is 2.21. The maximum atomic E-state index is 13.6. The summed E-state index contributed by atoms with van der Waals surface area (Å²) < 4.78 is 40.4. The Bertz CT molecular complexity index is 913. The molecule has 0 radical (unpaired) electrons. The Labute approximate surface area is 140 Å². The molecule has 3 aromatic rings. The number of para-hydroxylation sites is 1. The van der Waals surface area contributed by atoms with Gasteiger partial charge in [0.2, 0.25) is 5.95 Å². The normalized spacial score (nSPS) is 10.4. The second-order valence-corrected chi connectivity index (χ2v) is 4.95. The Hall–Kier alpha value is -3.42. The van der Waals surface area contributed by atoms with E-state index in [1.807, 2.05) is 0 Å². The van der Waals surface area contributed by atoms with Crippen LogP contribution in [-0.4, -0.2) is 15.9 Å². The molecular formula is C17H11F3N4O. The molecule has 1 heterocycles. The first-order chi connectivity index (χ1) is 12.0. The van der Waals surface area contributed by atoms with Gasteiger partial charge in [-0.3, -0.25) is 4.79 Å². The number of nitrogens with one attached hydrogen (secondary N) is 2. The van der Waals surface area contributed by atoms with Crippen LogP contribution in [0, 0.1) is 17.5 Å². The quantitative estimate of drug-likeness (QED) is 0.753. The van der Waals surface area contributed by atoms with Crippen molar-refractivity contribution in [2.75, 3.05) is 10.6 Å². The van der Waals surface area contributed by atoms with Gasteiger partial charge < -0.3 is 10.6 Å². The number of carbonyl (C=O) groups is 1. The van der Waals surface area contributed by atoms with Crippen molar-refractivity contribution in [1.82, 2.24) is 9.97 Å². The summed E-state index contributed by atoms with van der Waals surface area (Å²) in [5.41, 5.74) is -0.234. The molecule has 0 aliphatic heterocycles. The molecule has 2 aromatic carbocycles. The summed E-state index contributed by atoms with van der Waals surface area (Å²) in [6.45, 7) is 0. The summed E-state index contributed by atoms with van der Waals surface area (Å²) >= 11 is 0. The van der Waals surface area contributed by atoms with Crippen LogP contribution in [0.4, 0.5) is 30.5 Å². The predicted molar refractivity (Wildman–Crippen MR) is 86.0 cm³/mol. The second kappa shape index (κ2) is 7.00. The van der Waals surface area contributed by atoms with Crippen molar-refractivity contribution in [3.05, 3.63) is 77.9 Å². The van der Waals surface area contributed by atoms with Crippen molar-refractivity contribution in [2.24, 2.45) is 0 Å². The minimum Gasteiger partial charge on any atom is -0.321 e. The number of nitrogens with zero attached hydrogens (tertiary/aromatic N) is 2. The predicted octanol–water partition coefficient (Wildman–Crippen LogP) is 3.89. The van der Waals surface area contributed by atoms with Crippen LogP contribution < -0.4 is 10.6 Å². The van der Waals surface area contributed by atoms with E-state index in [0.29, 0.717) is 0 Å². The lowest BCUT2D eigenvalue weighted by atomic mass is 10.3. The van der Waals surface area contributed by atoms with E-state index >= 15 is 0 Å². The van der Waals surface area contributed by atoms with Gasteiger partial charge in [0.05, 0.1) is 0 Å². The van der Waals surface area contributed by atoms with Gasteiger partial charge in [-0.2, -0.15) is 0 Å². The molecule has 0 bridgehead atoms. The molecule has 0 aliphatic carbocycles. The molecule has 0 unspecified atom stereocenters. The fourth-order valence-electron chi connectivity index (χ4n) is 2.04. The van der Waals surface area contributed by atoms with E-state index in [1.165, 1.54) is 36.5 Å². The Morgan fingerprint density at radius 3 is 2.40 bits per heavy atom. The molecule has 0 saturated carbocycles. The van der Waals surface area contributed by atoms with E-state index in [2.05, 4.69) is 20.6 Å². The van der Waals surface area contributed by atoms with Crippen LogP contribution in [0.2, 0.25) is 0 Å². The van der Waals surface area contributed by atoms with Crippen LogP contribution in [0.3, 0.4) is 0 Å². The van der Waals surface area contributed by atoms with Gasteiger partial charge in [0.15, 0.2) is 0 Å². The maximum absolute atomic E-state index is 13.6. The number of anilines is 3. The van der Waals surface area contributed by atoms with Gasteiger partial charge in [0, 0.05) is 11.9 Å². The zero-order valence-corrected chi connectivity index (χ0v) is 12.6. The van der Waals surface area contributed by atoms with Crippen molar-refractivity contribution >= 4 is 23.2 Å². The van der Waals surface area contributed by atoms with Crippen LogP contribution in [-0.2, 0) is 0 Å². The standard InChI is InChI=1S/C17H11F3N4O/c18-10-3-1-4-11(9-10)22-16(25)14-7-8-21-17(23-14)24-15-12(19)5-2-6-13(15)20/h1-9H,(H,22,25)(H,21,23,24). The fourth-order valence-corrected chi connectivity index (χ4v) is 2.04. The Morgan fingerprint density at radius 2 is 1.68 bits per heavy atom. The fraction of sp³-hybridized carbons (Fsp3) is 0. The van der Waals surface area contributed by atoms with Crippen molar-refractivity contribution < 1.29 is 18.0 Å². The van der Waals surface area contributed by atoms with Gasteiger partial charge in [-0.25, -0.2) is 23.1 Å². The number of hydrogen-bond donors (Lipinski definition) is 2. The van der Waals surface area contributed by atoms with E-state index in [-0.39, 0.29) is 17.3 Å². The van der Waals surface area contributed by atoms with Gasteiger partial charge in [-0.1, -0.05) is 12.1 Å². The third-order valence-corrected chi connectivity index (χ3v) is 3.17. The average molecular weight is 344 g/mol. The maximum Gasteiger partial charge on any atom is 0.274 e. The molecule has 5 nitrogen and oxygen atoms in total. The number of hydrogen-bond acceptors (Lipinski definition) is 4. The molecule has 0 atom stereocenters. The highest BCUT2D eigenvalue weighted by molar-refractivity contribution is 6.02. The summed E-state index contributed by atoms with van der Waals surface area (Å²) in [5.74, 6) is -2.92. The molecule has 1 amide bonds. The van der Waals surface area contributed by atoms with Gasteiger partial charge in [-0.05, 0) is 36.4 Å². The van der Waals surface area contributed by atoms with Crippen molar-refractivity contribution in [1.29, 1.82) is 0 Å². The lowest BCUT2D eigenvalue weighted by Gasteiger charge is -2.09. The number of rotatable bonds is 4. The topological polar surface area (TPSA) is 66.9 Å². The van der Waals surface area contributed by atoms with E-state index in [0.717, 1.165) is 18.2 Å². The molecule has 3 rings (SSSR count). The molecule has 126 valence electrons. The van der Waals surface area contributed by atoms with Gasteiger partial charge >= 0.3 is 0 Å². The minimum atomic E-state index is -0.821. The molecule has 0 aliphatic rings. The van der Waals surface area contributed by atoms with E-state index in [1.54, 1.807) is 0 Å². The van der Waals surface area contributed by atoms with Crippen LogP contribution in [0.5, 0.6) is 0 Å². The summed E-state index contributed by atoms with van der Waals surface area (Å²) in [6, 6.07) is 10.0. The highest BCUT2D eigenvalue weighted by atomic mass is 19.1. The Balaban J connectivity index is 1.80. The zero-order chi connectivity index (χ0) is 17.8. The van der Waals surface area contributed by atoms with Crippen LogP contribution in [0.25, 0.3) is 0 Å². The first kappa shape index (κ1) is 16.4. The summed E-state index contributed by atoms with van der Waals surface area (Å²) in [6.07, 6.45) is 1.26. The largest absolute Gasteiger partial charge is 0.321 e. The number of halogens is 3. The van der Waals surface area contributed by atoms with E-state index in [9.17, 15) is 18.0 Å². The lowest BCUT2D eigenvalue weighted by molar-refractivity contribution is 0.102. The lowest BCUT2D eigenvalue weighted by Crippen LogP contribution is -2.15. The third-order valence-electron chi connectivity index (χ3n) is 3.17. The Morgan fingerprint density at radius 1 is 0.960 bits per heavy atom. The average Bonchev–Trinajstić information content (AvgIpc) is 2.58. The molecular weight excluding hydrogens is 333 g/mol. The van der Waals surface area contributed by atoms with Crippen LogP contribution >= 0.6 is 0 Å². The van der Waals surface area contributed by atoms with E-state index < -0.39 is 29.0 Å². The summed E-state index contributed by atoms with van der Waals surface area (Å²) in [4.78, 5) is 19.9. The third kappa shape index (κ3) is 3.92. The molecule has 8 heteroatoms. The number of aromatic nitrogens is 2. The molecule has 0 fully saturated rings. The SMILES string of the molecule is O=C(Nc1cccc(F)c1)c1ccnc(Nc2c(F)cccc2F)n1. The monoisotopic (exact) mass is 344 g/mol. The minimum absolute atomic E-state index is 0.0569. The molecule has 25 heavy (non-hydrogen) atoms. The first-order valence-corrected chi connectivity index (χ1v) is 7.14. The number of benzene rings is 2. The summed E-state index contributed by atoms with van der Waals surface area (Å²) in [5, 5.41) is 4.86. The molecule has 0 saturated heterocycles. The van der Waals surface area contributed by atoms with Crippen molar-refractivity contribution in [3.63, 3.8) is 0 Å². The summed E-state index contributed by atoms with van der Waals surface area (Å²) in [7, 11) is 0. The van der Waals surface area contributed by atoms with Crippen LogP contribution in [0.15, 0.2) is 54.7 Å². The van der Waals surface area contributed by atoms with Crippen LogP contribution in [0.1, 0.15) is 10.5 Å². The molecule has 2 N–H and O–H groups in total. The van der Waals surface area contributed by atoms with Gasteiger partial charge in [0.25, 0.3) is 5.91 Å². The number of carbonyl (C=O) groups excluding carboxylic acids is 1. The number of amides is 1. The smallest absolute Gasteiger partial charge is 0.274 e. The van der Waals surface area contributed by atoms with E-state index in [4.69, 9.17) is 0 Å². The Kier molecular flexibility index (Phi) is 4.60. The molecule has 1 aromatic heterocycles. The first-order valence-electron chi connectivity index (χ1n) is 7.14. The van der Waals surface area contributed by atoms with Crippen molar-refractivity contribution in [3.8, 4) is 0 Å². The van der Waals surface area contributed by atoms with Crippen molar-refractivity contribution in [2.45, 2.75) is 0 Å². The molecule has 0 spiro atoms. The second-order valence-electron chi connectivity index (χ2n) is 4.95.